The van der Waals surface area contributed by atoms with Crippen molar-refractivity contribution in [3.63, 3.8) is 0 Å². The number of allylic oxidation sites excluding steroid dienone is 4. The SMILES string of the molecule is Cn1c(=O)n(CC(C)(C)C)c2ccc(C3C=C(Cl)C=CC3C#N)cc21. The van der Waals surface area contributed by atoms with Crippen LogP contribution < -0.4 is 5.69 Å². The fourth-order valence-corrected chi connectivity index (χ4v) is 3.54. The Morgan fingerprint density at radius 1 is 1.28 bits per heavy atom. The van der Waals surface area contributed by atoms with Crippen molar-refractivity contribution >= 4 is 22.6 Å². The smallest absolute Gasteiger partial charge is 0.295 e. The number of halogens is 1. The van der Waals surface area contributed by atoms with Gasteiger partial charge in [0.1, 0.15) is 0 Å². The number of aromatic nitrogens is 2. The lowest BCUT2D eigenvalue weighted by atomic mass is 9.84. The van der Waals surface area contributed by atoms with Crippen LogP contribution in [-0.4, -0.2) is 9.13 Å². The number of rotatable bonds is 2. The second kappa shape index (κ2) is 6.24. The highest BCUT2D eigenvalue weighted by molar-refractivity contribution is 6.31. The Bertz CT molecular complexity index is 979. The zero-order valence-electron chi connectivity index (χ0n) is 15.0. The van der Waals surface area contributed by atoms with E-state index in [9.17, 15) is 10.1 Å². The summed E-state index contributed by atoms with van der Waals surface area (Å²) in [4.78, 5) is 12.7. The van der Waals surface area contributed by atoms with Crippen LogP contribution in [0.3, 0.4) is 0 Å². The highest BCUT2D eigenvalue weighted by Gasteiger charge is 2.24. The molecule has 0 spiro atoms. The quantitative estimate of drug-likeness (QED) is 0.806. The van der Waals surface area contributed by atoms with Crippen molar-refractivity contribution in [2.75, 3.05) is 0 Å². The Hall–Kier alpha value is -2.25. The second-order valence-corrected chi connectivity index (χ2v) is 8.26. The van der Waals surface area contributed by atoms with Crippen LogP contribution in [0.25, 0.3) is 11.0 Å². The molecule has 1 aliphatic rings. The third-order valence-corrected chi connectivity index (χ3v) is 4.78. The Balaban J connectivity index is 2.13. The van der Waals surface area contributed by atoms with Gasteiger partial charge in [-0.05, 0) is 29.2 Å². The molecule has 1 aromatic carbocycles. The standard InChI is InChI=1S/C20H22ClN3O/c1-20(2,3)12-24-17-8-6-13(9-18(17)23(4)19(24)25)16-10-15(21)7-5-14(16)11-22/h5-10,14,16H,12H2,1-4H3. The summed E-state index contributed by atoms with van der Waals surface area (Å²) < 4.78 is 3.50. The Labute approximate surface area is 152 Å². The molecule has 0 N–H and O–H groups in total. The number of benzene rings is 1. The lowest BCUT2D eigenvalue weighted by Crippen LogP contribution is -2.27. The summed E-state index contributed by atoms with van der Waals surface area (Å²) in [6.45, 7) is 7.00. The summed E-state index contributed by atoms with van der Waals surface area (Å²) in [5.41, 5.74) is 2.78. The first-order valence-corrected chi connectivity index (χ1v) is 8.73. The first kappa shape index (κ1) is 17.6. The van der Waals surface area contributed by atoms with Crippen LogP contribution in [0.5, 0.6) is 0 Å². The maximum absolute atomic E-state index is 12.7. The molecule has 1 aromatic heterocycles. The van der Waals surface area contributed by atoms with E-state index in [4.69, 9.17) is 11.6 Å². The first-order chi connectivity index (χ1) is 11.7. The zero-order chi connectivity index (χ0) is 18.4. The van der Waals surface area contributed by atoms with Gasteiger partial charge in [0.25, 0.3) is 0 Å². The van der Waals surface area contributed by atoms with Crippen molar-refractivity contribution in [3.05, 3.63) is 57.5 Å². The number of hydrogen-bond donors (Lipinski definition) is 0. The minimum Gasteiger partial charge on any atom is -0.295 e. The number of nitrogens with zero attached hydrogens (tertiary/aromatic N) is 3. The average Bonchev–Trinajstić information content (AvgIpc) is 2.78. The number of imidazole rings is 1. The number of aryl methyl sites for hydroxylation is 1. The summed E-state index contributed by atoms with van der Waals surface area (Å²) in [6.07, 6.45) is 5.50. The molecule has 0 saturated carbocycles. The molecule has 2 aromatic rings. The molecule has 0 aliphatic heterocycles. The highest BCUT2D eigenvalue weighted by Crippen LogP contribution is 2.34. The van der Waals surface area contributed by atoms with Crippen molar-refractivity contribution < 1.29 is 0 Å². The maximum Gasteiger partial charge on any atom is 0.328 e. The first-order valence-electron chi connectivity index (χ1n) is 8.35. The van der Waals surface area contributed by atoms with E-state index >= 15 is 0 Å². The Kier molecular flexibility index (Phi) is 4.38. The summed E-state index contributed by atoms with van der Waals surface area (Å²) in [5.74, 6) is -0.360. The predicted molar refractivity (Wildman–Crippen MR) is 102 cm³/mol. The fourth-order valence-electron chi connectivity index (χ4n) is 3.33. The van der Waals surface area contributed by atoms with Gasteiger partial charge in [-0.2, -0.15) is 5.26 Å². The molecule has 4 nitrogen and oxygen atoms in total. The topological polar surface area (TPSA) is 50.7 Å². The minimum absolute atomic E-state index is 0.00706. The van der Waals surface area contributed by atoms with Gasteiger partial charge in [-0.3, -0.25) is 9.13 Å². The Morgan fingerprint density at radius 3 is 2.64 bits per heavy atom. The van der Waals surface area contributed by atoms with E-state index in [1.165, 1.54) is 0 Å². The van der Waals surface area contributed by atoms with Crippen molar-refractivity contribution in [1.82, 2.24) is 9.13 Å². The lowest BCUT2D eigenvalue weighted by Gasteiger charge is -2.21. The highest BCUT2D eigenvalue weighted by atomic mass is 35.5. The molecule has 0 fully saturated rings. The van der Waals surface area contributed by atoms with Gasteiger partial charge < -0.3 is 0 Å². The van der Waals surface area contributed by atoms with Crippen LogP contribution in [0.2, 0.25) is 0 Å². The number of nitriles is 1. The Morgan fingerprint density at radius 2 is 2.00 bits per heavy atom. The van der Waals surface area contributed by atoms with Gasteiger partial charge in [0, 0.05) is 24.5 Å². The minimum atomic E-state index is -0.256. The van der Waals surface area contributed by atoms with Crippen LogP contribution in [0.1, 0.15) is 32.3 Å². The van der Waals surface area contributed by atoms with E-state index in [1.54, 1.807) is 17.7 Å². The molecular formula is C20H22ClN3O. The van der Waals surface area contributed by atoms with Crippen LogP contribution in [0.15, 0.2) is 46.3 Å². The summed E-state index contributed by atoms with van der Waals surface area (Å²) >= 11 is 6.14. The maximum atomic E-state index is 12.7. The predicted octanol–water partition coefficient (Wildman–Crippen LogP) is 4.30. The molecule has 0 radical (unpaired) electrons. The molecule has 2 atom stereocenters. The van der Waals surface area contributed by atoms with Crippen LogP contribution in [-0.2, 0) is 13.6 Å². The normalized spacial score (nSPS) is 20.6. The van der Waals surface area contributed by atoms with E-state index < -0.39 is 0 Å². The van der Waals surface area contributed by atoms with E-state index in [1.807, 2.05) is 34.9 Å². The summed E-state index contributed by atoms with van der Waals surface area (Å²) in [6, 6.07) is 8.30. The van der Waals surface area contributed by atoms with Crippen molar-refractivity contribution in [2.24, 2.45) is 18.4 Å². The third-order valence-electron chi connectivity index (χ3n) is 4.52. The van der Waals surface area contributed by atoms with Gasteiger partial charge in [0.15, 0.2) is 0 Å². The average molecular weight is 356 g/mol. The molecule has 0 amide bonds. The molecule has 1 heterocycles. The largest absolute Gasteiger partial charge is 0.328 e. The number of hydrogen-bond acceptors (Lipinski definition) is 2. The van der Waals surface area contributed by atoms with Gasteiger partial charge in [0.05, 0.1) is 23.0 Å². The summed E-state index contributed by atoms with van der Waals surface area (Å²) in [7, 11) is 1.79. The molecule has 0 saturated heterocycles. The molecular weight excluding hydrogens is 334 g/mol. The molecule has 1 aliphatic carbocycles. The molecule has 0 bridgehead atoms. The van der Waals surface area contributed by atoms with Gasteiger partial charge >= 0.3 is 5.69 Å². The van der Waals surface area contributed by atoms with Gasteiger partial charge in [-0.15, -0.1) is 0 Å². The molecule has 5 heteroatoms. The fraction of sp³-hybridized carbons (Fsp3) is 0.400. The molecule has 2 unspecified atom stereocenters. The second-order valence-electron chi connectivity index (χ2n) is 7.83. The summed E-state index contributed by atoms with van der Waals surface area (Å²) in [5, 5.41) is 10.1. The molecule has 25 heavy (non-hydrogen) atoms. The van der Waals surface area contributed by atoms with Gasteiger partial charge in [-0.1, -0.05) is 50.6 Å². The van der Waals surface area contributed by atoms with Crippen molar-refractivity contribution in [3.8, 4) is 6.07 Å². The van der Waals surface area contributed by atoms with E-state index in [0.29, 0.717) is 11.6 Å². The van der Waals surface area contributed by atoms with Gasteiger partial charge in [0.2, 0.25) is 0 Å². The zero-order valence-corrected chi connectivity index (χ0v) is 15.7. The van der Waals surface area contributed by atoms with Crippen LogP contribution in [0.4, 0.5) is 0 Å². The van der Waals surface area contributed by atoms with Gasteiger partial charge in [-0.25, -0.2) is 4.79 Å². The monoisotopic (exact) mass is 355 g/mol. The van der Waals surface area contributed by atoms with E-state index in [0.717, 1.165) is 16.6 Å². The number of fused-ring (bicyclic) bond motifs is 1. The molecule has 130 valence electrons. The van der Waals surface area contributed by atoms with Crippen molar-refractivity contribution in [1.29, 1.82) is 5.26 Å². The van der Waals surface area contributed by atoms with Crippen LogP contribution in [0, 0.1) is 22.7 Å². The van der Waals surface area contributed by atoms with E-state index in [-0.39, 0.29) is 22.9 Å². The van der Waals surface area contributed by atoms with Crippen LogP contribution >= 0.6 is 11.6 Å². The molecule has 3 rings (SSSR count). The van der Waals surface area contributed by atoms with E-state index in [2.05, 4.69) is 26.8 Å². The lowest BCUT2D eigenvalue weighted by molar-refractivity contribution is 0.342. The van der Waals surface area contributed by atoms with Crippen molar-refractivity contribution in [2.45, 2.75) is 33.2 Å². The third kappa shape index (κ3) is 3.29.